The fraction of sp³-hybridized carbons (Fsp3) is 0.471. The van der Waals surface area contributed by atoms with Crippen LogP contribution in [0, 0.1) is 5.92 Å². The van der Waals surface area contributed by atoms with Crippen molar-refractivity contribution in [1.29, 1.82) is 0 Å². The van der Waals surface area contributed by atoms with E-state index in [0.29, 0.717) is 6.04 Å². The summed E-state index contributed by atoms with van der Waals surface area (Å²) in [5.74, 6) is 1.05. The molecule has 21 heavy (non-hydrogen) atoms. The highest BCUT2D eigenvalue weighted by molar-refractivity contribution is 5.80. The summed E-state index contributed by atoms with van der Waals surface area (Å²) in [7, 11) is 0. The Kier molecular flexibility index (Phi) is 3.97. The van der Waals surface area contributed by atoms with Crippen LogP contribution in [0.2, 0.25) is 0 Å². The summed E-state index contributed by atoms with van der Waals surface area (Å²) < 4.78 is 5.81. The third-order valence-electron chi connectivity index (χ3n) is 4.22. The van der Waals surface area contributed by atoms with Crippen molar-refractivity contribution in [2.75, 3.05) is 6.54 Å². The molecule has 0 radical (unpaired) electrons. The van der Waals surface area contributed by atoms with Crippen molar-refractivity contribution in [3.63, 3.8) is 0 Å². The first-order chi connectivity index (χ1) is 10.1. The van der Waals surface area contributed by atoms with Crippen LogP contribution in [0.3, 0.4) is 0 Å². The number of para-hydroxylation sites is 1. The van der Waals surface area contributed by atoms with Gasteiger partial charge in [-0.05, 0) is 45.4 Å². The van der Waals surface area contributed by atoms with Crippen LogP contribution in [0.5, 0.6) is 0 Å². The molecule has 3 rings (SSSR count). The van der Waals surface area contributed by atoms with E-state index in [-0.39, 0.29) is 17.9 Å². The molecule has 0 bridgehead atoms. The van der Waals surface area contributed by atoms with Gasteiger partial charge in [-0.3, -0.25) is 4.79 Å². The standard InChI is InChI=1S/C17H22N2O2/c1-11-9-14(7-8-18-11)17(20)19-12(2)16-10-13-5-3-4-6-15(13)21-16/h3-6,10-12,14,18H,7-9H2,1-2H3,(H,19,20). The first-order valence-corrected chi connectivity index (χ1v) is 7.65. The number of carbonyl (C=O) groups is 1. The molecule has 1 aromatic heterocycles. The van der Waals surface area contributed by atoms with Gasteiger partial charge in [0.2, 0.25) is 5.91 Å². The lowest BCUT2D eigenvalue weighted by Gasteiger charge is -2.27. The maximum atomic E-state index is 12.4. The molecule has 1 aromatic carbocycles. The van der Waals surface area contributed by atoms with Crippen molar-refractivity contribution in [3.8, 4) is 0 Å². The van der Waals surface area contributed by atoms with E-state index in [1.165, 1.54) is 0 Å². The summed E-state index contributed by atoms with van der Waals surface area (Å²) in [5, 5.41) is 7.53. The van der Waals surface area contributed by atoms with Gasteiger partial charge in [0.05, 0.1) is 6.04 Å². The van der Waals surface area contributed by atoms with Crippen LogP contribution in [0.1, 0.15) is 38.5 Å². The van der Waals surface area contributed by atoms with Gasteiger partial charge in [0.1, 0.15) is 11.3 Å². The molecular formula is C17H22N2O2. The fourth-order valence-electron chi connectivity index (χ4n) is 2.99. The summed E-state index contributed by atoms with van der Waals surface area (Å²) >= 11 is 0. The van der Waals surface area contributed by atoms with Crippen LogP contribution in [0.25, 0.3) is 11.0 Å². The quantitative estimate of drug-likeness (QED) is 0.912. The zero-order valence-corrected chi connectivity index (χ0v) is 12.6. The van der Waals surface area contributed by atoms with Gasteiger partial charge >= 0.3 is 0 Å². The van der Waals surface area contributed by atoms with E-state index < -0.39 is 0 Å². The third kappa shape index (κ3) is 3.10. The van der Waals surface area contributed by atoms with E-state index >= 15 is 0 Å². The molecule has 0 spiro atoms. The smallest absolute Gasteiger partial charge is 0.223 e. The Labute approximate surface area is 124 Å². The second-order valence-corrected chi connectivity index (χ2v) is 5.99. The first-order valence-electron chi connectivity index (χ1n) is 7.65. The second kappa shape index (κ2) is 5.90. The second-order valence-electron chi connectivity index (χ2n) is 5.99. The van der Waals surface area contributed by atoms with Crippen LogP contribution in [-0.4, -0.2) is 18.5 Å². The molecule has 1 amide bonds. The van der Waals surface area contributed by atoms with Crippen molar-refractivity contribution in [2.45, 2.75) is 38.8 Å². The maximum absolute atomic E-state index is 12.4. The molecule has 2 heterocycles. The van der Waals surface area contributed by atoms with Gasteiger partial charge in [-0.1, -0.05) is 18.2 Å². The Morgan fingerprint density at radius 3 is 3.00 bits per heavy atom. The van der Waals surface area contributed by atoms with Gasteiger partial charge in [0.15, 0.2) is 0 Å². The van der Waals surface area contributed by atoms with Crippen LogP contribution < -0.4 is 10.6 Å². The van der Waals surface area contributed by atoms with Crippen molar-refractivity contribution in [1.82, 2.24) is 10.6 Å². The molecule has 2 N–H and O–H groups in total. The number of benzene rings is 1. The lowest BCUT2D eigenvalue weighted by molar-refractivity contribution is -0.126. The summed E-state index contributed by atoms with van der Waals surface area (Å²) in [6.45, 7) is 5.01. The van der Waals surface area contributed by atoms with E-state index in [1.807, 2.05) is 37.3 Å². The number of nitrogens with one attached hydrogen (secondary N) is 2. The molecule has 4 nitrogen and oxygen atoms in total. The van der Waals surface area contributed by atoms with Crippen LogP contribution >= 0.6 is 0 Å². The predicted molar refractivity (Wildman–Crippen MR) is 83.0 cm³/mol. The minimum atomic E-state index is -0.102. The first kappa shape index (κ1) is 14.1. The number of rotatable bonds is 3. The van der Waals surface area contributed by atoms with Gasteiger partial charge in [-0.15, -0.1) is 0 Å². The molecular weight excluding hydrogens is 264 g/mol. The molecule has 1 aliphatic heterocycles. The number of hydrogen-bond donors (Lipinski definition) is 2. The molecule has 0 saturated carbocycles. The molecule has 1 aliphatic rings. The van der Waals surface area contributed by atoms with E-state index in [4.69, 9.17) is 4.42 Å². The SMILES string of the molecule is CC1CC(C(=O)NC(C)c2cc3ccccc3o2)CCN1. The van der Waals surface area contributed by atoms with Crippen LogP contribution in [-0.2, 0) is 4.79 Å². The highest BCUT2D eigenvalue weighted by Gasteiger charge is 2.26. The molecule has 1 fully saturated rings. The third-order valence-corrected chi connectivity index (χ3v) is 4.22. The number of carbonyl (C=O) groups excluding carboxylic acids is 1. The largest absolute Gasteiger partial charge is 0.459 e. The average Bonchev–Trinajstić information content (AvgIpc) is 2.91. The van der Waals surface area contributed by atoms with Crippen LogP contribution in [0.15, 0.2) is 34.7 Å². The number of hydrogen-bond acceptors (Lipinski definition) is 3. The predicted octanol–water partition coefficient (Wildman–Crippen LogP) is 3.00. The normalized spacial score (nSPS) is 23.9. The average molecular weight is 286 g/mol. The van der Waals surface area contributed by atoms with E-state index in [2.05, 4.69) is 17.6 Å². The minimum Gasteiger partial charge on any atom is -0.459 e. The Hall–Kier alpha value is -1.81. The van der Waals surface area contributed by atoms with E-state index in [9.17, 15) is 4.79 Å². The molecule has 3 atom stereocenters. The van der Waals surface area contributed by atoms with Crippen molar-refractivity contribution < 1.29 is 9.21 Å². The lowest BCUT2D eigenvalue weighted by atomic mass is 9.92. The molecule has 2 aromatic rings. The van der Waals surface area contributed by atoms with Gasteiger partial charge < -0.3 is 15.1 Å². The Bertz CT molecular complexity index is 602. The number of piperidine rings is 1. The molecule has 4 heteroatoms. The molecule has 1 saturated heterocycles. The highest BCUT2D eigenvalue weighted by atomic mass is 16.3. The molecule has 3 unspecified atom stereocenters. The zero-order valence-electron chi connectivity index (χ0n) is 12.6. The Morgan fingerprint density at radius 1 is 1.43 bits per heavy atom. The van der Waals surface area contributed by atoms with E-state index in [0.717, 1.165) is 36.1 Å². The number of amides is 1. The Balaban J connectivity index is 1.67. The number of fused-ring (bicyclic) bond motifs is 1. The number of furan rings is 1. The summed E-state index contributed by atoms with van der Waals surface area (Å²) in [4.78, 5) is 12.4. The van der Waals surface area contributed by atoms with Gasteiger partial charge in [0, 0.05) is 17.3 Å². The van der Waals surface area contributed by atoms with Gasteiger partial charge in [0.25, 0.3) is 0 Å². The monoisotopic (exact) mass is 286 g/mol. The van der Waals surface area contributed by atoms with Crippen molar-refractivity contribution >= 4 is 16.9 Å². The van der Waals surface area contributed by atoms with Crippen molar-refractivity contribution in [2.24, 2.45) is 5.92 Å². The summed E-state index contributed by atoms with van der Waals surface area (Å²) in [5.41, 5.74) is 0.865. The zero-order chi connectivity index (χ0) is 14.8. The van der Waals surface area contributed by atoms with Crippen LogP contribution in [0.4, 0.5) is 0 Å². The highest BCUT2D eigenvalue weighted by Crippen LogP contribution is 2.24. The van der Waals surface area contributed by atoms with Gasteiger partial charge in [-0.25, -0.2) is 0 Å². The van der Waals surface area contributed by atoms with Gasteiger partial charge in [-0.2, -0.15) is 0 Å². The minimum absolute atomic E-state index is 0.102. The summed E-state index contributed by atoms with van der Waals surface area (Å²) in [6, 6.07) is 10.2. The van der Waals surface area contributed by atoms with Crippen molar-refractivity contribution in [3.05, 3.63) is 36.1 Å². The maximum Gasteiger partial charge on any atom is 0.223 e. The fourth-order valence-corrected chi connectivity index (χ4v) is 2.99. The molecule has 0 aliphatic carbocycles. The topological polar surface area (TPSA) is 54.3 Å². The van der Waals surface area contributed by atoms with E-state index in [1.54, 1.807) is 0 Å². The molecule has 112 valence electrons. The summed E-state index contributed by atoms with van der Waals surface area (Å²) in [6.07, 6.45) is 1.81. The lowest BCUT2D eigenvalue weighted by Crippen LogP contribution is -2.42. The Morgan fingerprint density at radius 2 is 2.24 bits per heavy atom.